The molecule has 2 aromatic rings. The summed E-state index contributed by atoms with van der Waals surface area (Å²) in [5, 5.41) is 9.35. The van der Waals surface area contributed by atoms with E-state index in [-0.39, 0.29) is 11.5 Å². The Bertz CT molecular complexity index is 659. The Balaban J connectivity index is 1.72. The highest BCUT2D eigenvalue weighted by Gasteiger charge is 2.42. The van der Waals surface area contributed by atoms with E-state index in [1.54, 1.807) is 0 Å². The van der Waals surface area contributed by atoms with E-state index in [0.29, 0.717) is 25.0 Å². The lowest BCUT2D eigenvalue weighted by Crippen LogP contribution is -2.35. The SMILES string of the molecule is Clc1ccc(C2(c3nnc(C4CCCO4)o3)CCOCC2)cc1. The zero-order chi connectivity index (χ0) is 15.7. The van der Waals surface area contributed by atoms with Gasteiger partial charge >= 0.3 is 0 Å². The molecule has 1 atom stereocenters. The molecular formula is C17H19ClN2O3. The fourth-order valence-corrected chi connectivity index (χ4v) is 3.57. The molecule has 3 heterocycles. The fraction of sp³-hybridized carbons (Fsp3) is 0.529. The van der Waals surface area contributed by atoms with E-state index < -0.39 is 0 Å². The van der Waals surface area contributed by atoms with Gasteiger partial charge in [0.05, 0.1) is 5.41 Å². The van der Waals surface area contributed by atoms with Crippen molar-refractivity contribution in [2.45, 2.75) is 37.2 Å². The first-order valence-electron chi connectivity index (χ1n) is 8.07. The average Bonchev–Trinajstić information content (AvgIpc) is 3.28. The quantitative estimate of drug-likeness (QED) is 0.857. The van der Waals surface area contributed by atoms with Gasteiger partial charge in [0.1, 0.15) is 6.10 Å². The van der Waals surface area contributed by atoms with Gasteiger partial charge in [0.15, 0.2) is 0 Å². The maximum atomic E-state index is 6.06. The number of ether oxygens (including phenoxy) is 2. The van der Waals surface area contributed by atoms with E-state index in [1.165, 1.54) is 0 Å². The molecule has 2 aliphatic rings. The van der Waals surface area contributed by atoms with Crippen molar-refractivity contribution < 1.29 is 13.9 Å². The fourth-order valence-electron chi connectivity index (χ4n) is 3.45. The van der Waals surface area contributed by atoms with Gasteiger partial charge in [0, 0.05) is 24.8 Å². The van der Waals surface area contributed by atoms with Gasteiger partial charge in [-0.3, -0.25) is 0 Å². The van der Waals surface area contributed by atoms with Crippen molar-refractivity contribution in [3.05, 3.63) is 46.6 Å². The lowest BCUT2D eigenvalue weighted by molar-refractivity contribution is 0.0504. The van der Waals surface area contributed by atoms with Gasteiger partial charge in [-0.25, -0.2) is 0 Å². The first kappa shape index (κ1) is 15.1. The topological polar surface area (TPSA) is 57.4 Å². The molecule has 1 unspecified atom stereocenters. The second kappa shape index (κ2) is 6.23. The maximum absolute atomic E-state index is 6.06. The van der Waals surface area contributed by atoms with E-state index in [2.05, 4.69) is 10.2 Å². The predicted octanol–water partition coefficient (Wildman–Crippen LogP) is 3.67. The minimum Gasteiger partial charge on any atom is -0.421 e. The van der Waals surface area contributed by atoms with E-state index >= 15 is 0 Å². The molecule has 0 amide bonds. The number of aromatic nitrogens is 2. The Morgan fingerprint density at radius 1 is 1.04 bits per heavy atom. The van der Waals surface area contributed by atoms with Crippen LogP contribution in [0.1, 0.15) is 49.1 Å². The van der Waals surface area contributed by atoms with Crippen LogP contribution in [0.3, 0.4) is 0 Å². The second-order valence-electron chi connectivity index (χ2n) is 6.15. The number of benzene rings is 1. The third-order valence-electron chi connectivity index (χ3n) is 4.80. The smallest absolute Gasteiger partial charge is 0.245 e. The van der Waals surface area contributed by atoms with Crippen molar-refractivity contribution in [2.24, 2.45) is 0 Å². The summed E-state index contributed by atoms with van der Waals surface area (Å²) in [4.78, 5) is 0. The number of halogens is 1. The molecule has 0 aliphatic carbocycles. The zero-order valence-corrected chi connectivity index (χ0v) is 13.6. The summed E-state index contributed by atoms with van der Waals surface area (Å²) in [7, 11) is 0. The highest BCUT2D eigenvalue weighted by Crippen LogP contribution is 2.41. The van der Waals surface area contributed by atoms with Crippen molar-refractivity contribution in [3.63, 3.8) is 0 Å². The molecule has 0 N–H and O–H groups in total. The standard InChI is InChI=1S/C17H19ClN2O3/c18-13-5-3-12(4-6-13)17(7-10-21-11-8-17)16-20-19-15(23-16)14-2-1-9-22-14/h3-6,14H,1-2,7-11H2. The van der Waals surface area contributed by atoms with Crippen molar-refractivity contribution in [1.29, 1.82) is 0 Å². The van der Waals surface area contributed by atoms with Crippen LogP contribution in [-0.2, 0) is 14.9 Å². The molecule has 122 valence electrons. The Morgan fingerprint density at radius 2 is 1.83 bits per heavy atom. The van der Waals surface area contributed by atoms with E-state index in [0.717, 1.165) is 42.9 Å². The second-order valence-corrected chi connectivity index (χ2v) is 6.58. The van der Waals surface area contributed by atoms with Crippen LogP contribution < -0.4 is 0 Å². The number of rotatable bonds is 3. The van der Waals surface area contributed by atoms with Gasteiger partial charge in [-0.05, 0) is 43.4 Å². The lowest BCUT2D eigenvalue weighted by Gasteiger charge is -2.34. The highest BCUT2D eigenvalue weighted by molar-refractivity contribution is 6.30. The van der Waals surface area contributed by atoms with Crippen LogP contribution in [0.15, 0.2) is 28.7 Å². The third-order valence-corrected chi connectivity index (χ3v) is 5.05. The van der Waals surface area contributed by atoms with Crippen LogP contribution >= 0.6 is 11.6 Å². The van der Waals surface area contributed by atoms with Crippen LogP contribution in [0.5, 0.6) is 0 Å². The lowest BCUT2D eigenvalue weighted by atomic mass is 9.74. The minimum absolute atomic E-state index is 0.0571. The molecule has 0 spiro atoms. The Labute approximate surface area is 139 Å². The van der Waals surface area contributed by atoms with Crippen LogP contribution in [0, 0.1) is 0 Å². The van der Waals surface area contributed by atoms with E-state index in [4.69, 9.17) is 25.5 Å². The van der Waals surface area contributed by atoms with Gasteiger partial charge in [0.25, 0.3) is 0 Å². The van der Waals surface area contributed by atoms with Gasteiger partial charge < -0.3 is 13.9 Å². The van der Waals surface area contributed by atoms with Crippen molar-refractivity contribution in [1.82, 2.24) is 10.2 Å². The first-order chi connectivity index (χ1) is 11.3. The van der Waals surface area contributed by atoms with E-state index in [9.17, 15) is 0 Å². The normalized spacial score (nSPS) is 24.0. The summed E-state index contributed by atoms with van der Waals surface area (Å²) in [6.07, 6.45) is 3.57. The zero-order valence-electron chi connectivity index (χ0n) is 12.8. The largest absolute Gasteiger partial charge is 0.421 e. The Morgan fingerprint density at radius 3 is 2.52 bits per heavy atom. The van der Waals surface area contributed by atoms with Crippen molar-refractivity contribution in [2.75, 3.05) is 19.8 Å². The van der Waals surface area contributed by atoms with Crippen LogP contribution in [0.4, 0.5) is 0 Å². The molecule has 0 bridgehead atoms. The average molecular weight is 335 g/mol. The summed E-state index contributed by atoms with van der Waals surface area (Å²) in [5.41, 5.74) is 0.847. The van der Waals surface area contributed by atoms with Gasteiger partial charge in [0.2, 0.25) is 11.8 Å². The van der Waals surface area contributed by atoms with E-state index in [1.807, 2.05) is 24.3 Å². The van der Waals surface area contributed by atoms with Crippen LogP contribution in [-0.4, -0.2) is 30.0 Å². The number of nitrogens with zero attached hydrogens (tertiary/aromatic N) is 2. The maximum Gasteiger partial charge on any atom is 0.245 e. The Hall–Kier alpha value is -1.43. The van der Waals surface area contributed by atoms with Gasteiger partial charge in [-0.1, -0.05) is 23.7 Å². The van der Waals surface area contributed by atoms with Crippen LogP contribution in [0.25, 0.3) is 0 Å². The molecule has 2 fully saturated rings. The molecule has 1 aromatic carbocycles. The van der Waals surface area contributed by atoms with Gasteiger partial charge in [-0.15, -0.1) is 10.2 Å². The number of hydrogen-bond acceptors (Lipinski definition) is 5. The summed E-state index contributed by atoms with van der Waals surface area (Å²) in [6.45, 7) is 2.12. The molecule has 0 saturated carbocycles. The summed E-state index contributed by atoms with van der Waals surface area (Å²) in [5.74, 6) is 1.26. The molecule has 2 aliphatic heterocycles. The number of hydrogen-bond donors (Lipinski definition) is 0. The summed E-state index contributed by atoms with van der Waals surface area (Å²) < 4.78 is 17.3. The molecule has 4 rings (SSSR count). The van der Waals surface area contributed by atoms with Crippen molar-refractivity contribution in [3.8, 4) is 0 Å². The third kappa shape index (κ3) is 2.77. The minimum atomic E-state index is -0.299. The molecule has 23 heavy (non-hydrogen) atoms. The molecule has 0 radical (unpaired) electrons. The summed E-state index contributed by atoms with van der Waals surface area (Å²) >= 11 is 6.04. The van der Waals surface area contributed by atoms with Crippen LogP contribution in [0.2, 0.25) is 5.02 Å². The van der Waals surface area contributed by atoms with Gasteiger partial charge in [-0.2, -0.15) is 0 Å². The molecule has 5 nitrogen and oxygen atoms in total. The molecule has 2 saturated heterocycles. The predicted molar refractivity (Wildman–Crippen MR) is 84.5 cm³/mol. The first-order valence-corrected chi connectivity index (χ1v) is 8.45. The Kier molecular flexibility index (Phi) is 4.09. The molecule has 6 heteroatoms. The highest BCUT2D eigenvalue weighted by atomic mass is 35.5. The van der Waals surface area contributed by atoms with Crippen molar-refractivity contribution >= 4 is 11.6 Å². The summed E-state index contributed by atoms with van der Waals surface area (Å²) in [6, 6.07) is 7.91. The monoisotopic (exact) mass is 334 g/mol. The molecule has 1 aromatic heterocycles. The molecular weight excluding hydrogens is 316 g/mol.